The first-order chi connectivity index (χ1) is 18.2. The van der Waals surface area contributed by atoms with E-state index in [4.69, 9.17) is 0 Å². The van der Waals surface area contributed by atoms with E-state index >= 15 is 0 Å². The summed E-state index contributed by atoms with van der Waals surface area (Å²) in [6, 6.07) is 49.5. The maximum atomic E-state index is 2.32. The number of anilines is 6. The molecule has 0 fully saturated rings. The monoisotopic (exact) mass is 482 g/mol. The molecule has 184 valence electrons. The molecule has 0 atom stereocenters. The topological polar surface area (TPSA) is 6.48 Å². The van der Waals surface area contributed by atoms with Crippen molar-refractivity contribution < 1.29 is 0 Å². The van der Waals surface area contributed by atoms with E-state index < -0.39 is 0 Å². The fourth-order valence-corrected chi connectivity index (χ4v) is 4.64. The third-order valence-electron chi connectivity index (χ3n) is 6.61. The van der Waals surface area contributed by atoms with Gasteiger partial charge in [-0.25, -0.2) is 0 Å². The Morgan fingerprint density at radius 3 is 1.03 bits per heavy atom. The van der Waals surface area contributed by atoms with Crippen LogP contribution in [0.1, 0.15) is 25.8 Å². The van der Waals surface area contributed by atoms with Crippen molar-refractivity contribution in [1.29, 1.82) is 0 Å². The van der Waals surface area contributed by atoms with Gasteiger partial charge in [0.05, 0.1) is 0 Å². The lowest BCUT2D eigenvalue weighted by molar-refractivity contribution is 0.587. The minimum absolute atomic E-state index is 0.713. The van der Waals surface area contributed by atoms with Gasteiger partial charge in [0.1, 0.15) is 0 Å². The van der Waals surface area contributed by atoms with Crippen LogP contribution in [0.5, 0.6) is 0 Å². The molecule has 0 amide bonds. The van der Waals surface area contributed by atoms with Gasteiger partial charge >= 0.3 is 0 Å². The van der Waals surface area contributed by atoms with Gasteiger partial charge in [-0.05, 0) is 97.1 Å². The van der Waals surface area contributed by atoms with Crippen LogP contribution in [0.3, 0.4) is 0 Å². The predicted octanol–water partition coefficient (Wildman–Crippen LogP) is 10.2. The standard InChI is InChI=1S/C35H34N2/c1-28(2)18-19-29-20-22-33(23-21-29)37(32-16-10-5-11-17-32)35-26-24-34(25-27-35)36(30-12-6-3-7-13-30)31-14-8-4-9-15-31/h3-17,20-28H,18-19H2,1-2H3. The maximum Gasteiger partial charge on any atom is 0.0463 e. The SMILES string of the molecule is CC(C)CCc1ccc(N(c2ccccc2)c2ccc(N(c3ccccc3)c3ccccc3)cc2)cc1. The van der Waals surface area contributed by atoms with Gasteiger partial charge in [0.2, 0.25) is 0 Å². The second kappa shape index (κ2) is 11.6. The van der Waals surface area contributed by atoms with Gasteiger partial charge in [0.25, 0.3) is 0 Å². The van der Waals surface area contributed by atoms with Gasteiger partial charge in [-0.2, -0.15) is 0 Å². The zero-order valence-electron chi connectivity index (χ0n) is 21.7. The Kier molecular flexibility index (Phi) is 7.66. The van der Waals surface area contributed by atoms with Crippen LogP contribution in [0, 0.1) is 5.92 Å². The molecule has 5 aromatic rings. The molecule has 0 saturated carbocycles. The first-order valence-corrected chi connectivity index (χ1v) is 13.1. The lowest BCUT2D eigenvalue weighted by Gasteiger charge is -2.28. The minimum atomic E-state index is 0.713. The van der Waals surface area contributed by atoms with Crippen molar-refractivity contribution in [1.82, 2.24) is 0 Å². The maximum absolute atomic E-state index is 2.32. The molecule has 2 nitrogen and oxygen atoms in total. The molecule has 0 aromatic heterocycles. The first kappa shape index (κ1) is 24.4. The lowest BCUT2D eigenvalue weighted by Crippen LogP contribution is -2.12. The molecule has 5 rings (SSSR count). The number of hydrogen-bond acceptors (Lipinski definition) is 2. The van der Waals surface area contributed by atoms with Gasteiger partial charge in [0, 0.05) is 34.1 Å². The van der Waals surface area contributed by atoms with Crippen LogP contribution >= 0.6 is 0 Å². The van der Waals surface area contributed by atoms with Crippen molar-refractivity contribution in [2.24, 2.45) is 5.92 Å². The van der Waals surface area contributed by atoms with E-state index in [0.29, 0.717) is 5.92 Å². The zero-order valence-corrected chi connectivity index (χ0v) is 21.7. The van der Waals surface area contributed by atoms with Crippen molar-refractivity contribution in [2.75, 3.05) is 9.80 Å². The summed E-state index contributed by atoms with van der Waals surface area (Å²) in [5.41, 5.74) is 8.23. The molecule has 0 aliphatic rings. The Bertz CT molecular complexity index is 1320. The van der Waals surface area contributed by atoms with Crippen molar-refractivity contribution in [3.05, 3.63) is 145 Å². The summed E-state index contributed by atoms with van der Waals surface area (Å²) in [7, 11) is 0. The van der Waals surface area contributed by atoms with Crippen molar-refractivity contribution >= 4 is 34.1 Å². The fraction of sp³-hybridized carbons (Fsp3) is 0.143. The summed E-state index contributed by atoms with van der Waals surface area (Å²) in [6.45, 7) is 4.57. The van der Waals surface area contributed by atoms with E-state index in [1.807, 2.05) is 0 Å². The number of nitrogens with zero attached hydrogens (tertiary/aromatic N) is 2. The van der Waals surface area contributed by atoms with E-state index in [1.54, 1.807) is 0 Å². The molecule has 0 N–H and O–H groups in total. The highest BCUT2D eigenvalue weighted by Crippen LogP contribution is 2.38. The highest BCUT2D eigenvalue weighted by molar-refractivity contribution is 5.81. The van der Waals surface area contributed by atoms with Crippen LogP contribution in [0.15, 0.2) is 140 Å². The molecule has 0 radical (unpaired) electrons. The molecule has 0 aliphatic heterocycles. The minimum Gasteiger partial charge on any atom is -0.311 e. The summed E-state index contributed by atoms with van der Waals surface area (Å²) in [5, 5.41) is 0. The molecule has 2 heteroatoms. The Morgan fingerprint density at radius 1 is 0.405 bits per heavy atom. The molecule has 0 unspecified atom stereocenters. The number of aryl methyl sites for hydroxylation is 1. The van der Waals surface area contributed by atoms with Crippen LogP contribution in [-0.4, -0.2) is 0 Å². The smallest absolute Gasteiger partial charge is 0.0463 e. The van der Waals surface area contributed by atoms with E-state index in [9.17, 15) is 0 Å². The van der Waals surface area contributed by atoms with Crippen molar-refractivity contribution in [3.63, 3.8) is 0 Å². The second-order valence-corrected chi connectivity index (χ2v) is 9.79. The van der Waals surface area contributed by atoms with Crippen LogP contribution in [0.2, 0.25) is 0 Å². The quantitative estimate of drug-likeness (QED) is 0.206. The molecular formula is C35H34N2. The van der Waals surface area contributed by atoms with Crippen molar-refractivity contribution in [2.45, 2.75) is 26.7 Å². The molecular weight excluding hydrogens is 448 g/mol. The van der Waals surface area contributed by atoms with Gasteiger partial charge in [-0.15, -0.1) is 0 Å². The summed E-state index contributed by atoms with van der Waals surface area (Å²) in [4.78, 5) is 4.62. The molecule has 0 aliphatic carbocycles. The first-order valence-electron chi connectivity index (χ1n) is 13.1. The molecule has 0 spiro atoms. The molecule has 5 aromatic carbocycles. The largest absolute Gasteiger partial charge is 0.311 e. The third-order valence-corrected chi connectivity index (χ3v) is 6.61. The summed E-state index contributed by atoms with van der Waals surface area (Å²) in [5.74, 6) is 0.713. The van der Waals surface area contributed by atoms with E-state index in [0.717, 1.165) is 40.5 Å². The van der Waals surface area contributed by atoms with Crippen LogP contribution in [0.4, 0.5) is 34.1 Å². The number of rotatable bonds is 9. The van der Waals surface area contributed by atoms with E-state index in [1.165, 1.54) is 12.0 Å². The summed E-state index contributed by atoms with van der Waals surface area (Å²) < 4.78 is 0. The van der Waals surface area contributed by atoms with Gasteiger partial charge < -0.3 is 9.80 Å². The average molecular weight is 483 g/mol. The highest BCUT2D eigenvalue weighted by atomic mass is 15.2. The Hall–Kier alpha value is -4.30. The predicted molar refractivity (Wildman–Crippen MR) is 159 cm³/mol. The zero-order chi connectivity index (χ0) is 25.5. The molecule has 0 bridgehead atoms. The Balaban J connectivity index is 1.50. The van der Waals surface area contributed by atoms with Crippen LogP contribution < -0.4 is 9.80 Å². The van der Waals surface area contributed by atoms with Crippen molar-refractivity contribution in [3.8, 4) is 0 Å². The number of benzene rings is 5. The van der Waals surface area contributed by atoms with Crippen LogP contribution in [-0.2, 0) is 6.42 Å². The Morgan fingerprint density at radius 2 is 0.703 bits per heavy atom. The normalized spacial score (nSPS) is 10.9. The average Bonchev–Trinajstić information content (AvgIpc) is 2.95. The lowest BCUT2D eigenvalue weighted by atomic mass is 10.0. The highest BCUT2D eigenvalue weighted by Gasteiger charge is 2.15. The van der Waals surface area contributed by atoms with Gasteiger partial charge in [-0.3, -0.25) is 0 Å². The Labute approximate surface area is 221 Å². The van der Waals surface area contributed by atoms with Gasteiger partial charge in [-0.1, -0.05) is 80.6 Å². The van der Waals surface area contributed by atoms with E-state index in [-0.39, 0.29) is 0 Å². The summed E-state index contributed by atoms with van der Waals surface area (Å²) in [6.07, 6.45) is 2.33. The number of hydrogen-bond donors (Lipinski definition) is 0. The molecule has 0 heterocycles. The molecule has 0 saturated heterocycles. The third kappa shape index (κ3) is 5.92. The number of para-hydroxylation sites is 3. The molecule has 37 heavy (non-hydrogen) atoms. The van der Waals surface area contributed by atoms with E-state index in [2.05, 4.69) is 163 Å². The second-order valence-electron chi connectivity index (χ2n) is 9.79. The van der Waals surface area contributed by atoms with Crippen LogP contribution in [0.25, 0.3) is 0 Å². The van der Waals surface area contributed by atoms with Gasteiger partial charge in [0.15, 0.2) is 0 Å². The summed E-state index contributed by atoms with van der Waals surface area (Å²) >= 11 is 0. The fourth-order valence-electron chi connectivity index (χ4n) is 4.64.